The normalized spacial score (nSPS) is 11.1. The van der Waals surface area contributed by atoms with Gasteiger partial charge in [-0.05, 0) is 69.2 Å². The second kappa shape index (κ2) is 10.1. The number of hydrogen-bond acceptors (Lipinski definition) is 6. The molecule has 0 saturated carbocycles. The van der Waals surface area contributed by atoms with Gasteiger partial charge >= 0.3 is 0 Å². The molecule has 0 bridgehead atoms. The summed E-state index contributed by atoms with van der Waals surface area (Å²) in [7, 11) is -2.85. The van der Waals surface area contributed by atoms with Gasteiger partial charge in [-0.1, -0.05) is 23.8 Å². The van der Waals surface area contributed by atoms with Crippen LogP contribution in [0, 0.1) is 37.8 Å². The van der Waals surface area contributed by atoms with E-state index in [9.17, 15) is 23.3 Å². The largest absolute Gasteiger partial charge is 0.497 e. The van der Waals surface area contributed by atoms with Gasteiger partial charge in [-0.25, -0.2) is 8.42 Å². The minimum atomic E-state index is -4.33. The fourth-order valence-corrected chi connectivity index (χ4v) is 5.27. The Morgan fingerprint density at radius 2 is 1.57 bits per heavy atom. The Morgan fingerprint density at radius 3 is 2.11 bits per heavy atom. The van der Waals surface area contributed by atoms with Crippen LogP contribution in [-0.4, -0.2) is 32.9 Å². The van der Waals surface area contributed by atoms with E-state index in [-0.39, 0.29) is 16.3 Å². The summed E-state index contributed by atoms with van der Waals surface area (Å²) < 4.78 is 33.3. The highest BCUT2D eigenvalue weighted by Gasteiger charge is 2.29. The van der Waals surface area contributed by atoms with E-state index in [1.807, 2.05) is 32.9 Å². The Labute approximate surface area is 204 Å². The third-order valence-electron chi connectivity index (χ3n) is 5.55. The van der Waals surface area contributed by atoms with Crippen molar-refractivity contribution in [3.05, 3.63) is 87.0 Å². The average molecular weight is 498 g/mol. The monoisotopic (exact) mass is 497 g/mol. The van der Waals surface area contributed by atoms with E-state index in [4.69, 9.17) is 4.74 Å². The number of hydrogen-bond donors (Lipinski definition) is 1. The van der Waals surface area contributed by atoms with E-state index in [0.29, 0.717) is 17.0 Å². The van der Waals surface area contributed by atoms with E-state index in [1.165, 1.54) is 38.3 Å². The van der Waals surface area contributed by atoms with Crippen LogP contribution in [0.4, 0.5) is 17.1 Å². The molecule has 3 rings (SSSR count). The molecule has 0 aliphatic carbocycles. The third kappa shape index (κ3) is 5.60. The van der Waals surface area contributed by atoms with Gasteiger partial charge in [0.2, 0.25) is 5.91 Å². The van der Waals surface area contributed by atoms with Crippen molar-refractivity contribution in [2.24, 2.45) is 0 Å². The molecule has 0 aliphatic rings. The molecule has 10 heteroatoms. The summed E-state index contributed by atoms with van der Waals surface area (Å²) in [6, 6.07) is 13.7. The predicted molar refractivity (Wildman–Crippen MR) is 135 cm³/mol. The first-order valence-electron chi connectivity index (χ1n) is 10.7. The van der Waals surface area contributed by atoms with Crippen LogP contribution in [0.1, 0.15) is 22.3 Å². The molecule has 0 atom stereocenters. The minimum absolute atomic E-state index is 0.210. The zero-order valence-electron chi connectivity index (χ0n) is 20.2. The van der Waals surface area contributed by atoms with Crippen LogP contribution in [0.3, 0.4) is 0 Å². The van der Waals surface area contributed by atoms with E-state index < -0.39 is 27.4 Å². The smallest absolute Gasteiger partial charge is 0.273 e. The van der Waals surface area contributed by atoms with Crippen molar-refractivity contribution in [1.29, 1.82) is 0 Å². The van der Waals surface area contributed by atoms with Gasteiger partial charge in [-0.2, -0.15) is 0 Å². The lowest BCUT2D eigenvalue weighted by atomic mass is 10.1. The average Bonchev–Trinajstić information content (AvgIpc) is 2.79. The number of nitrogens with one attached hydrogen (secondary N) is 1. The summed E-state index contributed by atoms with van der Waals surface area (Å²) in [5.41, 5.74) is 3.57. The first-order valence-corrected chi connectivity index (χ1v) is 12.2. The molecule has 0 radical (unpaired) electrons. The zero-order chi connectivity index (χ0) is 25.9. The van der Waals surface area contributed by atoms with Crippen LogP contribution in [0.5, 0.6) is 5.75 Å². The van der Waals surface area contributed by atoms with Crippen LogP contribution in [0.15, 0.2) is 59.5 Å². The molecule has 3 aromatic rings. The van der Waals surface area contributed by atoms with Gasteiger partial charge in [0.05, 0.1) is 22.6 Å². The van der Waals surface area contributed by atoms with Crippen molar-refractivity contribution in [3.63, 3.8) is 0 Å². The highest BCUT2D eigenvalue weighted by atomic mass is 32.2. The van der Waals surface area contributed by atoms with Crippen LogP contribution < -0.4 is 14.4 Å². The number of nitrogens with zero attached hydrogens (tertiary/aromatic N) is 2. The topological polar surface area (TPSA) is 119 Å². The zero-order valence-corrected chi connectivity index (χ0v) is 21.0. The maximum atomic E-state index is 13.6. The van der Waals surface area contributed by atoms with Crippen molar-refractivity contribution in [2.75, 3.05) is 23.3 Å². The number of sulfonamides is 1. The molecule has 0 unspecified atom stereocenters. The van der Waals surface area contributed by atoms with Gasteiger partial charge in [-0.3, -0.25) is 19.2 Å². The first-order chi connectivity index (χ1) is 16.4. The SMILES string of the molecule is COc1ccc(N(CC(=O)Nc2c(C)cc(C)cc2C)S(=O)(=O)c2ccc(C)c([N+](=O)[O-])c2)cc1. The van der Waals surface area contributed by atoms with Crippen molar-refractivity contribution >= 4 is 33.0 Å². The molecule has 0 fully saturated rings. The van der Waals surface area contributed by atoms with Crippen molar-refractivity contribution in [2.45, 2.75) is 32.6 Å². The molecule has 0 saturated heterocycles. The van der Waals surface area contributed by atoms with Gasteiger partial charge < -0.3 is 10.1 Å². The van der Waals surface area contributed by atoms with E-state index in [2.05, 4.69) is 5.32 Å². The molecule has 3 aromatic carbocycles. The number of ether oxygens (including phenoxy) is 1. The summed E-state index contributed by atoms with van der Waals surface area (Å²) in [4.78, 5) is 23.5. The number of benzene rings is 3. The number of rotatable bonds is 8. The Bertz CT molecular complexity index is 1360. The molecule has 9 nitrogen and oxygen atoms in total. The maximum Gasteiger partial charge on any atom is 0.273 e. The number of anilines is 2. The van der Waals surface area contributed by atoms with Gasteiger partial charge in [0.15, 0.2) is 0 Å². The van der Waals surface area contributed by atoms with Gasteiger partial charge in [0.25, 0.3) is 15.7 Å². The number of amides is 1. The molecule has 0 heterocycles. The molecule has 0 aliphatic heterocycles. The molecule has 1 N–H and O–H groups in total. The van der Waals surface area contributed by atoms with E-state index in [1.54, 1.807) is 12.1 Å². The van der Waals surface area contributed by atoms with E-state index >= 15 is 0 Å². The minimum Gasteiger partial charge on any atom is -0.497 e. The second-order valence-electron chi connectivity index (χ2n) is 8.24. The lowest BCUT2D eigenvalue weighted by Crippen LogP contribution is -2.38. The molecule has 0 aromatic heterocycles. The van der Waals surface area contributed by atoms with Crippen LogP contribution in [0.25, 0.3) is 0 Å². The number of carbonyl (C=O) groups is 1. The van der Waals surface area contributed by atoms with Crippen molar-refractivity contribution < 1.29 is 22.9 Å². The number of nitro benzene ring substituents is 1. The summed E-state index contributed by atoms with van der Waals surface area (Å²) in [6.07, 6.45) is 0. The summed E-state index contributed by atoms with van der Waals surface area (Å²) in [5.74, 6) is -0.0477. The number of carbonyl (C=O) groups excluding carboxylic acids is 1. The predicted octanol–water partition coefficient (Wildman–Crippen LogP) is 4.67. The van der Waals surface area contributed by atoms with Crippen molar-refractivity contribution in [3.8, 4) is 5.75 Å². The Hall–Kier alpha value is -3.92. The Morgan fingerprint density at radius 1 is 0.971 bits per heavy atom. The summed E-state index contributed by atoms with van der Waals surface area (Å²) >= 11 is 0. The van der Waals surface area contributed by atoms with Crippen LogP contribution in [0.2, 0.25) is 0 Å². The molecular formula is C25H27N3O6S. The molecule has 35 heavy (non-hydrogen) atoms. The summed E-state index contributed by atoms with van der Waals surface area (Å²) in [6.45, 7) is 6.65. The lowest BCUT2D eigenvalue weighted by molar-refractivity contribution is -0.385. The molecule has 184 valence electrons. The number of nitro groups is 1. The molecule has 0 spiro atoms. The van der Waals surface area contributed by atoms with Gasteiger partial charge in [-0.15, -0.1) is 0 Å². The fourth-order valence-electron chi connectivity index (χ4n) is 3.82. The lowest BCUT2D eigenvalue weighted by Gasteiger charge is -2.25. The van der Waals surface area contributed by atoms with Crippen LogP contribution in [-0.2, 0) is 14.8 Å². The molecular weight excluding hydrogens is 470 g/mol. The number of methoxy groups -OCH3 is 1. The fraction of sp³-hybridized carbons (Fsp3) is 0.240. The van der Waals surface area contributed by atoms with Gasteiger partial charge in [0, 0.05) is 17.3 Å². The number of aryl methyl sites for hydroxylation is 4. The van der Waals surface area contributed by atoms with Gasteiger partial charge in [0.1, 0.15) is 12.3 Å². The highest BCUT2D eigenvalue weighted by Crippen LogP contribution is 2.29. The standard InChI is InChI=1S/C25H27N3O6S/c1-16-12-18(3)25(19(4)13-16)26-24(29)15-27(20-7-9-21(34-5)10-8-20)35(32,33)22-11-6-17(2)23(14-22)28(30)31/h6-14H,15H2,1-5H3,(H,26,29). The Balaban J connectivity index is 2.04. The first kappa shape index (κ1) is 25.7. The van der Waals surface area contributed by atoms with Crippen LogP contribution >= 0.6 is 0 Å². The second-order valence-corrected chi connectivity index (χ2v) is 10.1. The van der Waals surface area contributed by atoms with E-state index in [0.717, 1.165) is 27.1 Å². The highest BCUT2D eigenvalue weighted by molar-refractivity contribution is 7.92. The Kier molecular flexibility index (Phi) is 7.45. The van der Waals surface area contributed by atoms with Crippen molar-refractivity contribution in [1.82, 2.24) is 0 Å². The summed E-state index contributed by atoms with van der Waals surface area (Å²) in [5, 5.41) is 14.2. The third-order valence-corrected chi connectivity index (χ3v) is 7.32. The quantitative estimate of drug-likeness (QED) is 0.357. The maximum absolute atomic E-state index is 13.6. The molecule has 1 amide bonds.